The van der Waals surface area contributed by atoms with Gasteiger partial charge in [-0.1, -0.05) is 12.1 Å². The number of carbonyl (C=O) groups excluding carboxylic acids is 1. The molecule has 0 saturated carbocycles. The number of anilines is 1. The molecule has 1 N–H and O–H groups in total. The van der Waals surface area contributed by atoms with E-state index in [2.05, 4.69) is 15.5 Å². The van der Waals surface area contributed by atoms with Crippen LogP contribution in [0, 0.1) is 20.8 Å². The van der Waals surface area contributed by atoms with Gasteiger partial charge in [-0.05, 0) is 51.5 Å². The Hall–Kier alpha value is -3.09. The summed E-state index contributed by atoms with van der Waals surface area (Å²) in [7, 11) is 1.65. The molecule has 3 rings (SSSR count). The predicted molar refractivity (Wildman–Crippen MR) is 104 cm³/mol. The van der Waals surface area contributed by atoms with Gasteiger partial charge in [0.25, 0.3) is 0 Å². The van der Waals surface area contributed by atoms with Gasteiger partial charge in [0.05, 0.1) is 30.7 Å². The number of hydrogen-bond donors (Lipinski definition) is 1. The van der Waals surface area contributed by atoms with E-state index in [0.717, 1.165) is 34.1 Å². The number of methoxy groups -OCH3 is 1. The molecule has 1 aromatic carbocycles. The molecule has 0 fully saturated rings. The third-order valence-electron chi connectivity index (χ3n) is 4.71. The van der Waals surface area contributed by atoms with E-state index in [-0.39, 0.29) is 5.91 Å². The minimum Gasteiger partial charge on any atom is -0.497 e. The van der Waals surface area contributed by atoms with Crippen LogP contribution in [0.3, 0.4) is 0 Å². The van der Waals surface area contributed by atoms with E-state index in [0.29, 0.717) is 6.54 Å². The van der Waals surface area contributed by atoms with E-state index in [9.17, 15) is 4.79 Å². The van der Waals surface area contributed by atoms with Crippen LogP contribution < -0.4 is 10.1 Å². The Morgan fingerprint density at radius 2 is 2.04 bits per heavy atom. The second-order valence-electron chi connectivity index (χ2n) is 6.64. The number of carbonyl (C=O) groups is 1. The van der Waals surface area contributed by atoms with E-state index in [1.165, 1.54) is 0 Å². The summed E-state index contributed by atoms with van der Waals surface area (Å²) in [4.78, 5) is 12.7. The monoisotopic (exact) mass is 367 g/mol. The molecule has 2 heterocycles. The molecule has 1 atom stereocenters. The van der Waals surface area contributed by atoms with E-state index in [1.807, 2.05) is 62.7 Å². The maximum Gasteiger partial charge on any atom is 0.249 e. The van der Waals surface area contributed by atoms with Crippen LogP contribution in [-0.4, -0.2) is 32.6 Å². The topological polar surface area (TPSA) is 74.0 Å². The molecule has 1 unspecified atom stereocenters. The van der Waals surface area contributed by atoms with Crippen molar-refractivity contribution < 1.29 is 9.53 Å². The van der Waals surface area contributed by atoms with E-state index in [4.69, 9.17) is 4.74 Å². The molecule has 142 valence electrons. The molecule has 0 aliphatic rings. The molecule has 1 amide bonds. The fourth-order valence-corrected chi connectivity index (χ4v) is 3.10. The lowest BCUT2D eigenvalue weighted by Crippen LogP contribution is -2.25. The summed E-state index contributed by atoms with van der Waals surface area (Å²) in [6.07, 6.45) is 1.70. The van der Waals surface area contributed by atoms with Crippen molar-refractivity contribution in [2.24, 2.45) is 0 Å². The quantitative estimate of drug-likeness (QED) is 0.726. The molecule has 2 aromatic heterocycles. The summed E-state index contributed by atoms with van der Waals surface area (Å²) in [6.45, 7) is 8.22. The summed E-state index contributed by atoms with van der Waals surface area (Å²) in [5, 5.41) is 11.8. The van der Waals surface area contributed by atoms with Crippen LogP contribution in [0.5, 0.6) is 5.75 Å². The number of ether oxygens (including phenoxy) is 1. The van der Waals surface area contributed by atoms with Crippen molar-refractivity contribution >= 4 is 11.6 Å². The minimum absolute atomic E-state index is 0.117. The van der Waals surface area contributed by atoms with Gasteiger partial charge in [-0.2, -0.15) is 10.2 Å². The number of hydrogen-bond acceptors (Lipinski definition) is 4. The second kappa shape index (κ2) is 7.65. The highest BCUT2D eigenvalue weighted by Crippen LogP contribution is 2.23. The van der Waals surface area contributed by atoms with Gasteiger partial charge in [-0.25, -0.2) is 0 Å². The number of nitrogens with zero attached hydrogens (tertiary/aromatic N) is 4. The average Bonchev–Trinajstić information content (AvgIpc) is 3.19. The van der Waals surface area contributed by atoms with Crippen molar-refractivity contribution in [2.45, 2.75) is 40.3 Å². The van der Waals surface area contributed by atoms with Crippen molar-refractivity contribution in [3.8, 4) is 5.75 Å². The average molecular weight is 367 g/mol. The molecule has 7 nitrogen and oxygen atoms in total. The number of rotatable bonds is 6. The van der Waals surface area contributed by atoms with Crippen LogP contribution in [0.1, 0.15) is 35.6 Å². The number of aromatic nitrogens is 4. The lowest BCUT2D eigenvalue weighted by atomic mass is 10.2. The molecule has 0 radical (unpaired) electrons. The zero-order chi connectivity index (χ0) is 19.6. The Bertz CT molecular complexity index is 957. The first-order valence-electron chi connectivity index (χ1n) is 8.88. The predicted octanol–water partition coefficient (Wildman–Crippen LogP) is 3.26. The molecule has 0 aliphatic carbocycles. The molecule has 0 aliphatic heterocycles. The maximum absolute atomic E-state index is 12.7. The fraction of sp³-hybridized carbons (Fsp3) is 0.350. The van der Waals surface area contributed by atoms with Gasteiger partial charge in [-0.15, -0.1) is 0 Å². The second-order valence-corrected chi connectivity index (χ2v) is 6.64. The van der Waals surface area contributed by atoms with Crippen molar-refractivity contribution in [3.63, 3.8) is 0 Å². The first-order chi connectivity index (χ1) is 12.9. The first kappa shape index (κ1) is 18.7. The molecule has 0 spiro atoms. The van der Waals surface area contributed by atoms with Gasteiger partial charge in [0.15, 0.2) is 0 Å². The van der Waals surface area contributed by atoms with E-state index >= 15 is 0 Å². The Morgan fingerprint density at radius 3 is 2.70 bits per heavy atom. The Kier molecular flexibility index (Phi) is 5.30. The summed E-state index contributed by atoms with van der Waals surface area (Å²) < 4.78 is 8.88. The van der Waals surface area contributed by atoms with Crippen molar-refractivity contribution in [3.05, 3.63) is 59.2 Å². The molecule has 3 aromatic rings. The number of benzene rings is 1. The third kappa shape index (κ3) is 3.86. The van der Waals surface area contributed by atoms with Crippen molar-refractivity contribution in [1.82, 2.24) is 19.6 Å². The molecule has 27 heavy (non-hydrogen) atoms. The smallest absolute Gasteiger partial charge is 0.249 e. The summed E-state index contributed by atoms with van der Waals surface area (Å²) >= 11 is 0. The lowest BCUT2D eigenvalue weighted by Gasteiger charge is -2.15. The standard InChI is InChI=1S/C20H25N5O2/c1-13-9-10-21-25(13)16(4)20(26)22-19-14(2)23-24(15(19)3)12-17-7-6-8-18(11-17)27-5/h6-11,16H,12H2,1-5H3,(H,22,26). The van der Waals surface area contributed by atoms with E-state index < -0.39 is 6.04 Å². The van der Waals surface area contributed by atoms with Crippen LogP contribution in [0.15, 0.2) is 36.5 Å². The molecular formula is C20H25N5O2. The third-order valence-corrected chi connectivity index (χ3v) is 4.71. The highest BCUT2D eigenvalue weighted by atomic mass is 16.5. The Morgan fingerprint density at radius 1 is 1.26 bits per heavy atom. The van der Waals surface area contributed by atoms with Crippen LogP contribution in [-0.2, 0) is 11.3 Å². The molecule has 0 saturated heterocycles. The number of nitrogens with one attached hydrogen (secondary N) is 1. The molecule has 0 bridgehead atoms. The SMILES string of the molecule is COc1cccc(Cn2nc(C)c(NC(=O)C(C)n3nccc3C)c2C)c1. The summed E-state index contributed by atoms with van der Waals surface area (Å²) in [5.74, 6) is 0.694. The van der Waals surface area contributed by atoms with Crippen molar-refractivity contribution in [2.75, 3.05) is 12.4 Å². The van der Waals surface area contributed by atoms with Crippen LogP contribution in [0.2, 0.25) is 0 Å². The number of amides is 1. The van der Waals surface area contributed by atoms with Gasteiger partial charge in [0.2, 0.25) is 5.91 Å². The molecular weight excluding hydrogens is 342 g/mol. The maximum atomic E-state index is 12.7. The van der Waals surface area contributed by atoms with Gasteiger partial charge in [-0.3, -0.25) is 14.2 Å². The van der Waals surface area contributed by atoms with Crippen LogP contribution in [0.25, 0.3) is 0 Å². The fourth-order valence-electron chi connectivity index (χ4n) is 3.10. The van der Waals surface area contributed by atoms with Gasteiger partial charge in [0.1, 0.15) is 11.8 Å². The van der Waals surface area contributed by atoms with Crippen LogP contribution in [0.4, 0.5) is 5.69 Å². The molecule has 7 heteroatoms. The van der Waals surface area contributed by atoms with E-state index in [1.54, 1.807) is 18.0 Å². The Labute approximate surface area is 159 Å². The largest absolute Gasteiger partial charge is 0.497 e. The summed E-state index contributed by atoms with van der Waals surface area (Å²) in [5.41, 5.74) is 4.47. The summed E-state index contributed by atoms with van der Waals surface area (Å²) in [6, 6.07) is 9.36. The highest BCUT2D eigenvalue weighted by molar-refractivity contribution is 5.94. The minimum atomic E-state index is -0.402. The zero-order valence-electron chi connectivity index (χ0n) is 16.4. The van der Waals surface area contributed by atoms with Gasteiger partial charge in [0, 0.05) is 11.9 Å². The highest BCUT2D eigenvalue weighted by Gasteiger charge is 2.20. The van der Waals surface area contributed by atoms with Crippen molar-refractivity contribution in [1.29, 1.82) is 0 Å². The normalized spacial score (nSPS) is 12.0. The zero-order valence-corrected chi connectivity index (χ0v) is 16.4. The van der Waals surface area contributed by atoms with Gasteiger partial charge < -0.3 is 10.1 Å². The van der Waals surface area contributed by atoms with Gasteiger partial charge >= 0.3 is 0 Å². The first-order valence-corrected chi connectivity index (χ1v) is 8.88. The Balaban J connectivity index is 1.79. The number of aryl methyl sites for hydroxylation is 2. The van der Waals surface area contributed by atoms with Crippen LogP contribution >= 0.6 is 0 Å². The lowest BCUT2D eigenvalue weighted by molar-refractivity contribution is -0.119.